The second-order valence-electron chi connectivity index (χ2n) is 7.45. The fraction of sp³-hybridized carbons (Fsp3) is 0.391. The smallest absolute Gasteiger partial charge is 0.238 e. The molecule has 1 aliphatic carbocycles. The molecule has 1 atom stereocenters. The number of anilines is 2. The number of nitrogens with one attached hydrogen (secondary N) is 1. The molecule has 1 heterocycles. The number of carbonyl (C=O) groups is 2. The first-order valence-electron chi connectivity index (χ1n) is 10.2. The van der Waals surface area contributed by atoms with Gasteiger partial charge in [0.05, 0.1) is 12.4 Å². The summed E-state index contributed by atoms with van der Waals surface area (Å²) in [4.78, 5) is 26.7. The van der Waals surface area contributed by atoms with Crippen LogP contribution in [0, 0.1) is 5.92 Å². The molecule has 0 aromatic heterocycles. The number of rotatable bonds is 6. The SMILES string of the molecule is CCOc1ccc(N2C(=O)CSC2c2ccc(NC(=O)C3CCCC3)cc2)cc1. The molecule has 2 aliphatic rings. The molecule has 1 aliphatic heterocycles. The molecule has 6 heteroatoms. The molecule has 0 spiro atoms. The number of benzene rings is 2. The van der Waals surface area contributed by atoms with Crippen LogP contribution >= 0.6 is 11.8 Å². The fourth-order valence-electron chi connectivity index (χ4n) is 3.98. The third-order valence-corrected chi connectivity index (χ3v) is 6.70. The maximum atomic E-state index is 12.5. The summed E-state index contributed by atoms with van der Waals surface area (Å²) >= 11 is 1.62. The predicted octanol–water partition coefficient (Wildman–Crippen LogP) is 4.99. The molecule has 1 N–H and O–H groups in total. The van der Waals surface area contributed by atoms with Crippen molar-refractivity contribution in [2.45, 2.75) is 38.0 Å². The van der Waals surface area contributed by atoms with Crippen LogP contribution in [0.25, 0.3) is 0 Å². The Labute approximate surface area is 175 Å². The Hall–Kier alpha value is -2.47. The molecule has 2 amide bonds. The average molecular weight is 411 g/mol. The van der Waals surface area contributed by atoms with E-state index in [4.69, 9.17) is 4.74 Å². The number of carbonyl (C=O) groups excluding carboxylic acids is 2. The van der Waals surface area contributed by atoms with Crippen LogP contribution in [0.15, 0.2) is 48.5 Å². The van der Waals surface area contributed by atoms with Crippen LogP contribution in [-0.4, -0.2) is 24.2 Å². The molecule has 2 aromatic rings. The highest BCUT2D eigenvalue weighted by Crippen LogP contribution is 2.42. The van der Waals surface area contributed by atoms with Crippen LogP contribution in [0.4, 0.5) is 11.4 Å². The summed E-state index contributed by atoms with van der Waals surface area (Å²) in [7, 11) is 0. The normalized spacial score (nSPS) is 19.6. The lowest BCUT2D eigenvalue weighted by Gasteiger charge is -2.24. The van der Waals surface area contributed by atoms with Gasteiger partial charge < -0.3 is 10.1 Å². The molecular weight excluding hydrogens is 384 g/mol. The Morgan fingerprint density at radius 2 is 1.79 bits per heavy atom. The van der Waals surface area contributed by atoms with Gasteiger partial charge in [0.2, 0.25) is 11.8 Å². The van der Waals surface area contributed by atoms with Gasteiger partial charge in [-0.1, -0.05) is 25.0 Å². The second-order valence-corrected chi connectivity index (χ2v) is 8.52. The quantitative estimate of drug-likeness (QED) is 0.729. The number of amides is 2. The van der Waals surface area contributed by atoms with Crippen LogP contribution < -0.4 is 15.0 Å². The van der Waals surface area contributed by atoms with Crippen molar-refractivity contribution in [1.82, 2.24) is 0 Å². The minimum absolute atomic E-state index is 0.0694. The average Bonchev–Trinajstić information content (AvgIpc) is 3.40. The summed E-state index contributed by atoms with van der Waals surface area (Å²) < 4.78 is 5.50. The van der Waals surface area contributed by atoms with Gasteiger partial charge in [0.15, 0.2) is 0 Å². The van der Waals surface area contributed by atoms with E-state index in [1.165, 1.54) is 0 Å². The first-order chi connectivity index (χ1) is 14.2. The zero-order chi connectivity index (χ0) is 20.2. The van der Waals surface area contributed by atoms with Gasteiger partial charge in [0, 0.05) is 17.3 Å². The van der Waals surface area contributed by atoms with E-state index in [0.717, 1.165) is 48.4 Å². The minimum atomic E-state index is -0.0694. The third-order valence-electron chi connectivity index (χ3n) is 5.48. The van der Waals surface area contributed by atoms with Crippen LogP contribution in [0.1, 0.15) is 43.5 Å². The molecule has 1 saturated heterocycles. The molecular formula is C23H26N2O3S. The molecule has 0 radical (unpaired) electrons. The summed E-state index contributed by atoms with van der Waals surface area (Å²) in [5.74, 6) is 1.62. The molecule has 4 rings (SSSR count). The van der Waals surface area contributed by atoms with Crippen molar-refractivity contribution in [3.8, 4) is 5.75 Å². The van der Waals surface area contributed by atoms with Gasteiger partial charge in [0.25, 0.3) is 0 Å². The summed E-state index contributed by atoms with van der Waals surface area (Å²) in [6.07, 6.45) is 4.26. The van der Waals surface area contributed by atoms with Gasteiger partial charge in [-0.3, -0.25) is 14.5 Å². The summed E-state index contributed by atoms with van der Waals surface area (Å²) in [6.45, 7) is 2.56. The summed E-state index contributed by atoms with van der Waals surface area (Å²) in [6, 6.07) is 15.5. The van der Waals surface area contributed by atoms with E-state index in [9.17, 15) is 9.59 Å². The van der Waals surface area contributed by atoms with E-state index in [1.807, 2.05) is 60.4 Å². The van der Waals surface area contributed by atoms with E-state index in [1.54, 1.807) is 11.8 Å². The van der Waals surface area contributed by atoms with Gasteiger partial charge >= 0.3 is 0 Å². The van der Waals surface area contributed by atoms with Crippen molar-refractivity contribution in [2.75, 3.05) is 22.6 Å². The monoisotopic (exact) mass is 410 g/mol. The number of ether oxygens (including phenoxy) is 1. The van der Waals surface area contributed by atoms with Crippen LogP contribution in [-0.2, 0) is 9.59 Å². The van der Waals surface area contributed by atoms with Gasteiger partial charge in [-0.15, -0.1) is 11.8 Å². The van der Waals surface area contributed by atoms with Gasteiger partial charge in [-0.2, -0.15) is 0 Å². The van der Waals surface area contributed by atoms with E-state index in [2.05, 4.69) is 5.32 Å². The van der Waals surface area contributed by atoms with Crippen molar-refractivity contribution in [1.29, 1.82) is 0 Å². The molecule has 152 valence electrons. The lowest BCUT2D eigenvalue weighted by Crippen LogP contribution is -2.27. The Kier molecular flexibility index (Phi) is 6.09. The van der Waals surface area contributed by atoms with Crippen molar-refractivity contribution in [2.24, 2.45) is 5.92 Å². The Balaban J connectivity index is 1.47. The van der Waals surface area contributed by atoms with Crippen molar-refractivity contribution >= 4 is 35.0 Å². The highest BCUT2D eigenvalue weighted by Gasteiger charge is 2.34. The first-order valence-corrected chi connectivity index (χ1v) is 11.3. The predicted molar refractivity (Wildman–Crippen MR) is 117 cm³/mol. The molecule has 1 unspecified atom stereocenters. The van der Waals surface area contributed by atoms with Crippen molar-refractivity contribution < 1.29 is 14.3 Å². The maximum absolute atomic E-state index is 12.5. The van der Waals surface area contributed by atoms with E-state index < -0.39 is 0 Å². The fourth-order valence-corrected chi connectivity index (χ4v) is 5.16. The van der Waals surface area contributed by atoms with Gasteiger partial charge in [-0.25, -0.2) is 0 Å². The lowest BCUT2D eigenvalue weighted by atomic mass is 10.1. The number of thioether (sulfide) groups is 1. The molecule has 5 nitrogen and oxygen atoms in total. The topological polar surface area (TPSA) is 58.6 Å². The van der Waals surface area contributed by atoms with Crippen LogP contribution in [0.2, 0.25) is 0 Å². The summed E-state index contributed by atoms with van der Waals surface area (Å²) in [5.41, 5.74) is 2.73. The number of hydrogen-bond acceptors (Lipinski definition) is 4. The lowest BCUT2D eigenvalue weighted by molar-refractivity contribution is -0.119. The highest BCUT2D eigenvalue weighted by molar-refractivity contribution is 8.00. The molecule has 29 heavy (non-hydrogen) atoms. The Bertz CT molecular complexity index is 861. The largest absolute Gasteiger partial charge is 0.494 e. The Morgan fingerprint density at radius 3 is 2.45 bits per heavy atom. The standard InChI is InChI=1S/C23H26N2O3S/c1-2-28-20-13-11-19(12-14-20)25-21(26)15-29-23(25)17-7-9-18(10-8-17)24-22(27)16-5-3-4-6-16/h7-14,16,23H,2-6,15H2,1H3,(H,24,27). The second kappa shape index (κ2) is 8.91. The van der Waals surface area contributed by atoms with Crippen LogP contribution in [0.3, 0.4) is 0 Å². The number of nitrogens with zero attached hydrogens (tertiary/aromatic N) is 1. The minimum Gasteiger partial charge on any atom is -0.494 e. The molecule has 2 aromatic carbocycles. The van der Waals surface area contributed by atoms with Crippen LogP contribution in [0.5, 0.6) is 5.75 Å². The molecule has 0 bridgehead atoms. The van der Waals surface area contributed by atoms with E-state index in [0.29, 0.717) is 12.4 Å². The van der Waals surface area contributed by atoms with E-state index in [-0.39, 0.29) is 23.1 Å². The zero-order valence-corrected chi connectivity index (χ0v) is 17.4. The van der Waals surface area contributed by atoms with Crippen molar-refractivity contribution in [3.63, 3.8) is 0 Å². The molecule has 2 fully saturated rings. The van der Waals surface area contributed by atoms with Crippen molar-refractivity contribution in [3.05, 3.63) is 54.1 Å². The zero-order valence-electron chi connectivity index (χ0n) is 16.6. The first kappa shape index (κ1) is 19.8. The summed E-state index contributed by atoms with van der Waals surface area (Å²) in [5, 5.41) is 2.96. The Morgan fingerprint density at radius 1 is 1.10 bits per heavy atom. The highest BCUT2D eigenvalue weighted by atomic mass is 32.2. The van der Waals surface area contributed by atoms with Gasteiger partial charge in [0.1, 0.15) is 11.1 Å². The van der Waals surface area contributed by atoms with E-state index >= 15 is 0 Å². The third kappa shape index (κ3) is 4.42. The van der Waals surface area contributed by atoms with Gasteiger partial charge in [-0.05, 0) is 61.7 Å². The number of hydrogen-bond donors (Lipinski definition) is 1. The maximum Gasteiger partial charge on any atom is 0.238 e. The molecule has 1 saturated carbocycles.